The Labute approximate surface area is 141 Å². The molecule has 3 heterocycles. The lowest BCUT2D eigenvalue weighted by atomic mass is 10.2. The Bertz CT molecular complexity index is 650. The zero-order valence-electron chi connectivity index (χ0n) is 13.9. The van der Waals surface area contributed by atoms with Crippen LogP contribution in [-0.2, 0) is 13.0 Å². The molecule has 128 valence electrons. The second kappa shape index (κ2) is 7.92. The molecule has 0 saturated carbocycles. The summed E-state index contributed by atoms with van der Waals surface area (Å²) in [4.78, 5) is 20.6. The number of carbonyl (C=O) groups excluding carboxylic acids is 1. The van der Waals surface area contributed by atoms with Crippen molar-refractivity contribution in [2.75, 3.05) is 32.7 Å². The lowest BCUT2D eigenvalue weighted by Gasteiger charge is -2.34. The Hall–Kier alpha value is -2.41. The van der Waals surface area contributed by atoms with Gasteiger partial charge in [-0.2, -0.15) is 0 Å². The molecule has 1 saturated heterocycles. The largest absolute Gasteiger partial charge is 0.361 e. The number of aromatic nitrogens is 2. The van der Waals surface area contributed by atoms with Crippen molar-refractivity contribution < 1.29 is 9.32 Å². The van der Waals surface area contributed by atoms with Crippen molar-refractivity contribution in [3.63, 3.8) is 0 Å². The summed E-state index contributed by atoms with van der Waals surface area (Å²) in [5, 5.41) is 6.99. The number of piperazine rings is 1. The number of rotatable bonds is 5. The maximum Gasteiger partial charge on any atom is 0.317 e. The van der Waals surface area contributed by atoms with Gasteiger partial charge in [0.25, 0.3) is 0 Å². The molecular weight excluding hydrogens is 306 g/mol. The predicted molar refractivity (Wildman–Crippen MR) is 89.4 cm³/mol. The highest BCUT2D eigenvalue weighted by atomic mass is 16.5. The van der Waals surface area contributed by atoms with Crippen molar-refractivity contribution in [2.45, 2.75) is 19.9 Å². The highest BCUT2D eigenvalue weighted by Gasteiger charge is 2.21. The number of carbonyl (C=O) groups is 1. The lowest BCUT2D eigenvalue weighted by molar-refractivity contribution is 0.133. The van der Waals surface area contributed by atoms with E-state index >= 15 is 0 Å². The van der Waals surface area contributed by atoms with E-state index in [4.69, 9.17) is 4.52 Å². The Kier molecular flexibility index (Phi) is 5.43. The number of nitrogens with zero attached hydrogens (tertiary/aromatic N) is 4. The molecule has 1 N–H and O–H groups in total. The quantitative estimate of drug-likeness (QED) is 0.899. The van der Waals surface area contributed by atoms with Crippen molar-refractivity contribution in [2.24, 2.45) is 0 Å². The first-order valence-corrected chi connectivity index (χ1v) is 8.28. The summed E-state index contributed by atoms with van der Waals surface area (Å²) in [5.41, 5.74) is 1.94. The molecule has 0 spiro atoms. The Morgan fingerprint density at radius 1 is 1.25 bits per heavy atom. The third-order valence-corrected chi connectivity index (χ3v) is 4.11. The van der Waals surface area contributed by atoms with Crippen molar-refractivity contribution in [1.29, 1.82) is 0 Å². The molecule has 0 radical (unpaired) electrons. The van der Waals surface area contributed by atoms with E-state index in [2.05, 4.69) is 20.4 Å². The second-order valence-corrected chi connectivity index (χ2v) is 6.00. The van der Waals surface area contributed by atoms with Crippen LogP contribution in [0.25, 0.3) is 0 Å². The SMILES string of the molecule is Cc1cc(CN2CCN(C(=O)NCCc3ccccn3)CC2)no1. The van der Waals surface area contributed by atoms with E-state index in [1.165, 1.54) is 0 Å². The molecule has 1 aliphatic heterocycles. The number of hydrogen-bond acceptors (Lipinski definition) is 5. The van der Waals surface area contributed by atoms with Gasteiger partial charge in [0, 0.05) is 63.6 Å². The van der Waals surface area contributed by atoms with E-state index in [0.717, 1.165) is 56.3 Å². The van der Waals surface area contributed by atoms with Crippen molar-refractivity contribution in [1.82, 2.24) is 25.3 Å². The van der Waals surface area contributed by atoms with E-state index in [-0.39, 0.29) is 6.03 Å². The monoisotopic (exact) mass is 329 g/mol. The topological polar surface area (TPSA) is 74.5 Å². The first-order valence-electron chi connectivity index (χ1n) is 8.28. The molecule has 1 aliphatic rings. The first-order chi connectivity index (χ1) is 11.7. The Balaban J connectivity index is 1.37. The van der Waals surface area contributed by atoms with Crippen molar-refractivity contribution >= 4 is 6.03 Å². The van der Waals surface area contributed by atoms with Crippen LogP contribution in [0, 0.1) is 6.92 Å². The minimum absolute atomic E-state index is 0.00265. The highest BCUT2D eigenvalue weighted by molar-refractivity contribution is 5.74. The summed E-state index contributed by atoms with van der Waals surface area (Å²) in [7, 11) is 0. The summed E-state index contributed by atoms with van der Waals surface area (Å²) < 4.78 is 5.09. The second-order valence-electron chi connectivity index (χ2n) is 6.00. The first kappa shape index (κ1) is 16.4. The molecule has 0 unspecified atom stereocenters. The molecule has 1 fully saturated rings. The summed E-state index contributed by atoms with van der Waals surface area (Å²) in [6.45, 7) is 6.42. The number of amides is 2. The van der Waals surface area contributed by atoms with Gasteiger partial charge >= 0.3 is 6.03 Å². The van der Waals surface area contributed by atoms with Crippen LogP contribution in [0.5, 0.6) is 0 Å². The molecule has 3 rings (SSSR count). The zero-order valence-corrected chi connectivity index (χ0v) is 13.9. The van der Waals surface area contributed by atoms with Crippen LogP contribution in [0.3, 0.4) is 0 Å². The summed E-state index contributed by atoms with van der Waals surface area (Å²) in [5.74, 6) is 0.830. The Morgan fingerprint density at radius 2 is 2.08 bits per heavy atom. The minimum Gasteiger partial charge on any atom is -0.361 e. The molecule has 0 atom stereocenters. The fraction of sp³-hybridized carbons (Fsp3) is 0.471. The highest BCUT2D eigenvalue weighted by Crippen LogP contribution is 2.09. The molecule has 24 heavy (non-hydrogen) atoms. The fourth-order valence-corrected chi connectivity index (χ4v) is 2.79. The van der Waals surface area contributed by atoms with E-state index in [0.29, 0.717) is 6.54 Å². The van der Waals surface area contributed by atoms with Crippen LogP contribution < -0.4 is 5.32 Å². The predicted octanol–water partition coefficient (Wildman–Crippen LogP) is 1.45. The maximum atomic E-state index is 12.2. The van der Waals surface area contributed by atoms with Crippen LogP contribution in [-0.4, -0.2) is 58.7 Å². The smallest absolute Gasteiger partial charge is 0.317 e. The standard InChI is InChI=1S/C17H23N5O2/c1-14-12-16(20-24-14)13-21-8-10-22(11-9-21)17(23)19-7-5-15-4-2-3-6-18-15/h2-4,6,12H,5,7-11,13H2,1H3,(H,19,23). The van der Waals surface area contributed by atoms with Gasteiger partial charge in [0.05, 0.1) is 5.69 Å². The number of nitrogens with one attached hydrogen (secondary N) is 1. The molecule has 2 aromatic rings. The third-order valence-electron chi connectivity index (χ3n) is 4.11. The lowest BCUT2D eigenvalue weighted by Crippen LogP contribution is -2.51. The molecule has 7 heteroatoms. The number of hydrogen-bond donors (Lipinski definition) is 1. The van der Waals surface area contributed by atoms with E-state index in [9.17, 15) is 4.79 Å². The normalized spacial score (nSPS) is 15.5. The number of urea groups is 1. The van der Waals surface area contributed by atoms with Gasteiger partial charge in [-0.15, -0.1) is 0 Å². The minimum atomic E-state index is 0.00265. The van der Waals surface area contributed by atoms with Gasteiger partial charge in [0.15, 0.2) is 0 Å². The van der Waals surface area contributed by atoms with E-state index in [1.807, 2.05) is 36.1 Å². The molecule has 0 aromatic carbocycles. The van der Waals surface area contributed by atoms with Crippen molar-refractivity contribution in [3.8, 4) is 0 Å². The summed E-state index contributed by atoms with van der Waals surface area (Å²) in [6.07, 6.45) is 2.52. The third kappa shape index (κ3) is 4.55. The zero-order chi connectivity index (χ0) is 16.8. The van der Waals surface area contributed by atoms with Gasteiger partial charge in [0.1, 0.15) is 5.76 Å². The number of pyridine rings is 1. The van der Waals surface area contributed by atoms with Crippen LogP contribution in [0.2, 0.25) is 0 Å². The fourth-order valence-electron chi connectivity index (χ4n) is 2.79. The van der Waals surface area contributed by atoms with Gasteiger partial charge in [-0.1, -0.05) is 11.2 Å². The Morgan fingerprint density at radius 3 is 2.75 bits per heavy atom. The van der Waals surface area contributed by atoms with Crippen LogP contribution in [0.4, 0.5) is 4.79 Å². The maximum absolute atomic E-state index is 12.2. The summed E-state index contributed by atoms with van der Waals surface area (Å²) in [6, 6.07) is 7.78. The number of aryl methyl sites for hydroxylation is 1. The molecule has 0 aliphatic carbocycles. The van der Waals surface area contributed by atoms with Gasteiger partial charge in [0.2, 0.25) is 0 Å². The molecule has 2 aromatic heterocycles. The van der Waals surface area contributed by atoms with Crippen LogP contribution >= 0.6 is 0 Å². The molecular formula is C17H23N5O2. The molecule has 2 amide bonds. The van der Waals surface area contributed by atoms with Gasteiger partial charge in [-0.05, 0) is 19.1 Å². The van der Waals surface area contributed by atoms with E-state index in [1.54, 1.807) is 6.20 Å². The van der Waals surface area contributed by atoms with Gasteiger partial charge in [-0.25, -0.2) is 4.79 Å². The van der Waals surface area contributed by atoms with Crippen molar-refractivity contribution in [3.05, 3.63) is 47.6 Å². The average Bonchev–Trinajstić information content (AvgIpc) is 3.01. The van der Waals surface area contributed by atoms with Crippen LogP contribution in [0.15, 0.2) is 35.0 Å². The van der Waals surface area contributed by atoms with Gasteiger partial charge in [-0.3, -0.25) is 9.88 Å². The van der Waals surface area contributed by atoms with Gasteiger partial charge < -0.3 is 14.7 Å². The molecule has 7 nitrogen and oxygen atoms in total. The van der Waals surface area contributed by atoms with E-state index < -0.39 is 0 Å². The van der Waals surface area contributed by atoms with Crippen LogP contribution in [0.1, 0.15) is 17.1 Å². The molecule has 0 bridgehead atoms. The average molecular weight is 329 g/mol. The summed E-state index contributed by atoms with van der Waals surface area (Å²) >= 11 is 0.